The highest BCUT2D eigenvalue weighted by Crippen LogP contribution is 2.13. The topological polar surface area (TPSA) is 105 Å². The number of hydrogen-bond donors (Lipinski definition) is 2. The molecule has 3 aromatic rings. The molecule has 4 rings (SSSR count). The van der Waals surface area contributed by atoms with Crippen molar-refractivity contribution in [2.75, 3.05) is 13.1 Å². The fourth-order valence-electron chi connectivity index (χ4n) is 3.91. The molecule has 1 aliphatic rings. The van der Waals surface area contributed by atoms with Crippen molar-refractivity contribution in [3.05, 3.63) is 76.8 Å². The number of β-amino-alcohol motifs (C(OH)–C–C–N with tert-alkyl or cyclic N) is 1. The molecule has 0 radical (unpaired) electrons. The zero-order valence-corrected chi connectivity index (χ0v) is 17.0. The van der Waals surface area contributed by atoms with Gasteiger partial charge in [0, 0.05) is 19.1 Å². The summed E-state index contributed by atoms with van der Waals surface area (Å²) in [6, 6.07) is 16.0. The van der Waals surface area contributed by atoms with Gasteiger partial charge in [-0.1, -0.05) is 42.5 Å². The average Bonchev–Trinajstić information content (AvgIpc) is 2.76. The van der Waals surface area contributed by atoms with Crippen molar-refractivity contribution in [2.24, 2.45) is 0 Å². The molecule has 2 atom stereocenters. The number of aliphatic hydroxyl groups is 1. The molecule has 2 aromatic carbocycles. The van der Waals surface area contributed by atoms with Gasteiger partial charge in [0.05, 0.1) is 29.8 Å². The van der Waals surface area contributed by atoms with E-state index in [1.165, 1.54) is 10.9 Å². The van der Waals surface area contributed by atoms with Crippen LogP contribution in [0.3, 0.4) is 0 Å². The predicted octanol–water partition coefficient (Wildman–Crippen LogP) is 0.717. The number of aliphatic hydroxyl groups excluding tert-OH is 1. The number of hydrogen-bond acceptors (Lipinski definition) is 5. The van der Waals surface area contributed by atoms with Gasteiger partial charge in [-0.15, -0.1) is 0 Å². The van der Waals surface area contributed by atoms with Crippen LogP contribution in [0, 0.1) is 0 Å². The Bertz CT molecular complexity index is 1150. The van der Waals surface area contributed by atoms with Crippen molar-refractivity contribution in [1.29, 1.82) is 0 Å². The summed E-state index contributed by atoms with van der Waals surface area (Å²) >= 11 is 0. The second kappa shape index (κ2) is 9.09. The number of rotatable bonds is 5. The highest BCUT2D eigenvalue weighted by atomic mass is 16.3. The first-order chi connectivity index (χ1) is 15.0. The van der Waals surface area contributed by atoms with E-state index in [0.717, 1.165) is 5.56 Å². The van der Waals surface area contributed by atoms with E-state index in [0.29, 0.717) is 23.9 Å². The number of carbonyl (C=O) groups is 2. The number of likely N-dealkylation sites (tertiary alicyclic amines) is 1. The van der Waals surface area contributed by atoms with Crippen molar-refractivity contribution in [2.45, 2.75) is 31.5 Å². The highest BCUT2D eigenvalue weighted by Gasteiger charge is 2.29. The van der Waals surface area contributed by atoms with Crippen molar-refractivity contribution >= 4 is 22.7 Å². The fourth-order valence-corrected chi connectivity index (χ4v) is 3.91. The molecule has 160 valence electrons. The van der Waals surface area contributed by atoms with E-state index in [2.05, 4.69) is 10.3 Å². The molecule has 8 nitrogen and oxygen atoms in total. The molecule has 0 bridgehead atoms. The van der Waals surface area contributed by atoms with Crippen LogP contribution >= 0.6 is 0 Å². The first-order valence-electron chi connectivity index (χ1n) is 10.2. The van der Waals surface area contributed by atoms with Gasteiger partial charge in [-0.2, -0.15) is 0 Å². The van der Waals surface area contributed by atoms with Crippen LogP contribution in [0.2, 0.25) is 0 Å². The van der Waals surface area contributed by atoms with Crippen LogP contribution in [0.4, 0.5) is 0 Å². The fraction of sp³-hybridized carbons (Fsp3) is 0.304. The van der Waals surface area contributed by atoms with Crippen LogP contribution in [-0.2, 0) is 22.6 Å². The molecule has 0 aliphatic carbocycles. The largest absolute Gasteiger partial charge is 0.391 e. The van der Waals surface area contributed by atoms with Gasteiger partial charge in [0.1, 0.15) is 6.54 Å². The molecule has 1 aliphatic heterocycles. The molecule has 2 heterocycles. The van der Waals surface area contributed by atoms with Gasteiger partial charge in [-0.05, 0) is 24.1 Å². The Hall–Kier alpha value is -3.52. The number of para-hydroxylation sites is 1. The lowest BCUT2D eigenvalue weighted by Gasteiger charge is -2.36. The predicted molar refractivity (Wildman–Crippen MR) is 115 cm³/mol. The second-order valence-corrected chi connectivity index (χ2v) is 7.81. The summed E-state index contributed by atoms with van der Waals surface area (Å²) in [7, 11) is 0. The van der Waals surface area contributed by atoms with Gasteiger partial charge in [-0.3, -0.25) is 19.0 Å². The number of aromatic nitrogens is 2. The summed E-state index contributed by atoms with van der Waals surface area (Å²) in [6.45, 7) is 0.382. The minimum atomic E-state index is -0.719. The Balaban J connectivity index is 1.39. The number of piperidine rings is 1. The lowest BCUT2D eigenvalue weighted by Crippen LogP contribution is -2.55. The van der Waals surface area contributed by atoms with Crippen LogP contribution in [0.5, 0.6) is 0 Å². The van der Waals surface area contributed by atoms with E-state index in [-0.39, 0.29) is 42.9 Å². The van der Waals surface area contributed by atoms with E-state index in [9.17, 15) is 19.5 Å². The van der Waals surface area contributed by atoms with E-state index < -0.39 is 6.10 Å². The Labute approximate surface area is 179 Å². The van der Waals surface area contributed by atoms with Crippen LogP contribution in [0.15, 0.2) is 65.7 Å². The SMILES string of the molecule is O=C(Cn1cnc2ccccc2c1=O)N[C@H]1C[C@@H](O)CN(C(=O)Cc2ccccc2)C1. The molecular formula is C23H24N4O4. The molecule has 8 heteroatoms. The summed E-state index contributed by atoms with van der Waals surface area (Å²) < 4.78 is 1.26. The maximum Gasteiger partial charge on any atom is 0.261 e. The smallest absolute Gasteiger partial charge is 0.261 e. The number of fused-ring (bicyclic) bond motifs is 1. The van der Waals surface area contributed by atoms with Gasteiger partial charge in [-0.25, -0.2) is 4.98 Å². The lowest BCUT2D eigenvalue weighted by molar-refractivity contribution is -0.135. The van der Waals surface area contributed by atoms with Crippen LogP contribution < -0.4 is 10.9 Å². The molecule has 0 spiro atoms. The standard InChI is InChI=1S/C23H24N4O4/c28-18-11-17(12-26(13-18)22(30)10-16-6-2-1-3-7-16)25-21(29)14-27-15-24-20-9-5-4-8-19(20)23(27)31/h1-9,15,17-18,28H,10-14H2,(H,25,29)/t17-,18+/m0/s1. The van der Waals surface area contributed by atoms with Crippen molar-refractivity contribution in [1.82, 2.24) is 19.8 Å². The number of amides is 2. The van der Waals surface area contributed by atoms with E-state index in [4.69, 9.17) is 0 Å². The number of carbonyl (C=O) groups excluding carboxylic acids is 2. The summed E-state index contributed by atoms with van der Waals surface area (Å²) in [5.41, 5.74) is 1.19. The third-order valence-electron chi connectivity index (χ3n) is 5.39. The Morgan fingerprint density at radius 2 is 1.81 bits per heavy atom. The quantitative estimate of drug-likeness (QED) is 0.633. The molecule has 2 N–H and O–H groups in total. The van der Waals surface area contributed by atoms with Crippen LogP contribution in [0.1, 0.15) is 12.0 Å². The molecular weight excluding hydrogens is 396 g/mol. The summed E-state index contributed by atoms with van der Waals surface area (Å²) in [5.74, 6) is -0.465. The average molecular weight is 420 g/mol. The summed E-state index contributed by atoms with van der Waals surface area (Å²) in [5, 5.41) is 13.5. The second-order valence-electron chi connectivity index (χ2n) is 7.81. The number of benzene rings is 2. The minimum absolute atomic E-state index is 0.0980. The van der Waals surface area contributed by atoms with E-state index >= 15 is 0 Å². The zero-order chi connectivity index (χ0) is 21.8. The lowest BCUT2D eigenvalue weighted by atomic mass is 10.0. The maximum atomic E-state index is 12.7. The third kappa shape index (κ3) is 4.97. The molecule has 1 aromatic heterocycles. The van der Waals surface area contributed by atoms with Gasteiger partial charge in [0.2, 0.25) is 11.8 Å². The van der Waals surface area contributed by atoms with Crippen LogP contribution in [-0.4, -0.2) is 56.6 Å². The highest BCUT2D eigenvalue weighted by molar-refractivity contribution is 5.80. The normalized spacial score (nSPS) is 18.7. The Morgan fingerprint density at radius 1 is 1.06 bits per heavy atom. The van der Waals surface area contributed by atoms with Gasteiger partial charge < -0.3 is 15.3 Å². The number of nitrogens with zero attached hydrogens (tertiary/aromatic N) is 3. The summed E-state index contributed by atoms with van der Waals surface area (Å²) in [4.78, 5) is 43.6. The van der Waals surface area contributed by atoms with Gasteiger partial charge in [0.25, 0.3) is 5.56 Å². The zero-order valence-electron chi connectivity index (χ0n) is 17.0. The summed E-state index contributed by atoms with van der Waals surface area (Å²) in [6.07, 6.45) is 1.23. The minimum Gasteiger partial charge on any atom is -0.391 e. The van der Waals surface area contributed by atoms with Crippen molar-refractivity contribution < 1.29 is 14.7 Å². The number of nitrogens with one attached hydrogen (secondary N) is 1. The van der Waals surface area contributed by atoms with Crippen molar-refractivity contribution in [3.8, 4) is 0 Å². The molecule has 0 unspecified atom stereocenters. The van der Waals surface area contributed by atoms with Crippen LogP contribution in [0.25, 0.3) is 10.9 Å². The van der Waals surface area contributed by atoms with E-state index in [1.54, 1.807) is 29.2 Å². The molecule has 1 saturated heterocycles. The Kier molecular flexibility index (Phi) is 6.08. The monoisotopic (exact) mass is 420 g/mol. The van der Waals surface area contributed by atoms with Crippen molar-refractivity contribution in [3.63, 3.8) is 0 Å². The van der Waals surface area contributed by atoms with Gasteiger partial charge >= 0.3 is 0 Å². The van der Waals surface area contributed by atoms with Gasteiger partial charge in [0.15, 0.2) is 0 Å². The Morgan fingerprint density at radius 3 is 2.61 bits per heavy atom. The molecule has 2 amide bonds. The molecule has 0 saturated carbocycles. The molecule has 1 fully saturated rings. The van der Waals surface area contributed by atoms with E-state index in [1.807, 2.05) is 30.3 Å². The maximum absolute atomic E-state index is 12.7. The third-order valence-corrected chi connectivity index (χ3v) is 5.39. The first kappa shape index (κ1) is 20.7. The molecule has 31 heavy (non-hydrogen) atoms. The first-order valence-corrected chi connectivity index (χ1v) is 10.2.